The number of amides is 1. The molecule has 1 amide bonds. The zero-order chi connectivity index (χ0) is 15.0. The summed E-state index contributed by atoms with van der Waals surface area (Å²) in [6, 6.07) is 5.27. The molecule has 0 saturated carbocycles. The first kappa shape index (κ1) is 15.9. The van der Waals surface area contributed by atoms with Crippen LogP contribution in [0.2, 0.25) is 0 Å². The quantitative estimate of drug-likeness (QED) is 0.340. The van der Waals surface area contributed by atoms with Gasteiger partial charge in [0.1, 0.15) is 11.8 Å². The van der Waals surface area contributed by atoms with E-state index in [9.17, 15) is 14.7 Å². The van der Waals surface area contributed by atoms with E-state index in [0.717, 1.165) is 0 Å². The van der Waals surface area contributed by atoms with E-state index in [4.69, 9.17) is 10.8 Å². The highest BCUT2D eigenvalue weighted by atomic mass is 16.4. The molecule has 0 saturated heterocycles. The third-order valence-electron chi connectivity index (χ3n) is 2.64. The lowest BCUT2D eigenvalue weighted by molar-refractivity contribution is -0.141. The number of phenolic OH excluding ortho intramolecular Hbond substituents is 1. The fourth-order valence-corrected chi connectivity index (χ4v) is 1.59. The van der Waals surface area contributed by atoms with E-state index in [-0.39, 0.29) is 17.9 Å². The molecular weight excluding hydrogens is 262 g/mol. The number of benzene rings is 1. The third-order valence-corrected chi connectivity index (χ3v) is 2.64. The molecule has 110 valence electrons. The Morgan fingerprint density at radius 2 is 2.00 bits per heavy atom. The van der Waals surface area contributed by atoms with Crippen LogP contribution in [0.4, 0.5) is 5.69 Å². The minimum Gasteiger partial charge on any atom is -0.506 e. The molecule has 1 aromatic rings. The molecule has 0 aromatic heterocycles. The van der Waals surface area contributed by atoms with Gasteiger partial charge in [-0.25, -0.2) is 0 Å². The number of para-hydroxylation sites is 2. The number of phenols is 1. The van der Waals surface area contributed by atoms with Crippen LogP contribution in [-0.2, 0) is 9.59 Å². The van der Waals surface area contributed by atoms with Crippen LogP contribution < -0.4 is 16.4 Å². The monoisotopic (exact) mass is 281 g/mol. The van der Waals surface area contributed by atoms with Crippen molar-refractivity contribution in [1.82, 2.24) is 5.32 Å². The lowest BCUT2D eigenvalue weighted by Gasteiger charge is -2.14. The van der Waals surface area contributed by atoms with Crippen molar-refractivity contribution in [2.75, 3.05) is 18.4 Å². The first-order valence-electron chi connectivity index (χ1n) is 6.28. The Morgan fingerprint density at radius 3 is 2.60 bits per heavy atom. The summed E-state index contributed by atoms with van der Waals surface area (Å²) < 4.78 is 0. The number of rotatable bonds is 8. The van der Waals surface area contributed by atoms with E-state index >= 15 is 0 Å². The molecule has 0 spiro atoms. The maximum atomic E-state index is 11.8. The van der Waals surface area contributed by atoms with Gasteiger partial charge in [-0.2, -0.15) is 0 Å². The van der Waals surface area contributed by atoms with Gasteiger partial charge in [-0.1, -0.05) is 12.1 Å². The Balaban J connectivity index is 2.54. The van der Waals surface area contributed by atoms with Crippen molar-refractivity contribution >= 4 is 17.6 Å². The van der Waals surface area contributed by atoms with Crippen molar-refractivity contribution in [3.63, 3.8) is 0 Å². The molecule has 1 rings (SSSR count). The van der Waals surface area contributed by atoms with Crippen LogP contribution in [0.25, 0.3) is 0 Å². The molecule has 0 fully saturated rings. The first-order chi connectivity index (χ1) is 9.54. The van der Waals surface area contributed by atoms with Gasteiger partial charge in [0, 0.05) is 0 Å². The fraction of sp³-hybridized carbons (Fsp3) is 0.385. The molecule has 0 heterocycles. The van der Waals surface area contributed by atoms with Gasteiger partial charge in [-0.3, -0.25) is 9.59 Å². The molecule has 0 aliphatic carbocycles. The van der Waals surface area contributed by atoms with Gasteiger partial charge in [0.05, 0.1) is 12.1 Å². The molecule has 7 nitrogen and oxygen atoms in total. The summed E-state index contributed by atoms with van der Waals surface area (Å²) in [7, 11) is 0. The number of anilines is 1. The van der Waals surface area contributed by atoms with Crippen molar-refractivity contribution in [2.24, 2.45) is 5.73 Å². The fourth-order valence-electron chi connectivity index (χ4n) is 1.59. The highest BCUT2D eigenvalue weighted by Gasteiger charge is 2.20. The number of carbonyl (C=O) groups is 2. The van der Waals surface area contributed by atoms with Crippen molar-refractivity contribution in [3.8, 4) is 5.75 Å². The maximum Gasteiger partial charge on any atom is 0.321 e. The average molecular weight is 281 g/mol. The number of carboxylic acid groups (broad SMARTS) is 1. The molecule has 0 aliphatic rings. The summed E-state index contributed by atoms with van der Waals surface area (Å²) in [5.41, 5.74) is 5.57. The van der Waals surface area contributed by atoms with Gasteiger partial charge in [0.25, 0.3) is 0 Å². The topological polar surface area (TPSA) is 125 Å². The highest BCUT2D eigenvalue weighted by molar-refractivity contribution is 5.95. The second kappa shape index (κ2) is 8.13. The van der Waals surface area contributed by atoms with Gasteiger partial charge in [0.15, 0.2) is 0 Å². The van der Waals surface area contributed by atoms with Gasteiger partial charge in [-0.05, 0) is 31.6 Å². The molecule has 0 bridgehead atoms. The average Bonchev–Trinajstić information content (AvgIpc) is 2.40. The first-order valence-corrected chi connectivity index (χ1v) is 6.28. The van der Waals surface area contributed by atoms with Crippen LogP contribution in [0.1, 0.15) is 12.8 Å². The molecule has 1 aromatic carbocycles. The maximum absolute atomic E-state index is 11.8. The molecule has 1 atom stereocenters. The lowest BCUT2D eigenvalue weighted by atomic mass is 10.2. The number of carboxylic acids is 1. The summed E-state index contributed by atoms with van der Waals surface area (Å²) in [6.45, 7) is 0.876. The smallest absolute Gasteiger partial charge is 0.321 e. The number of hydrogen-bond acceptors (Lipinski definition) is 5. The second-order valence-corrected chi connectivity index (χ2v) is 4.26. The SMILES string of the molecule is NCCCN[C@@H](CC(=O)Nc1ccccc1O)C(=O)O. The van der Waals surface area contributed by atoms with Crippen molar-refractivity contribution in [2.45, 2.75) is 18.9 Å². The number of aliphatic carboxylic acids is 1. The van der Waals surface area contributed by atoms with Crippen LogP contribution in [0, 0.1) is 0 Å². The summed E-state index contributed by atoms with van der Waals surface area (Å²) in [5, 5.41) is 23.8. The standard InChI is InChI=1S/C13H19N3O4/c14-6-3-7-15-10(13(19)20)8-12(18)16-9-4-1-2-5-11(9)17/h1-2,4-5,10,15,17H,3,6-8,14H2,(H,16,18)(H,19,20)/t10-/m0/s1. The molecule has 6 N–H and O–H groups in total. The second-order valence-electron chi connectivity index (χ2n) is 4.26. The molecular formula is C13H19N3O4. The van der Waals surface area contributed by atoms with E-state index < -0.39 is 17.9 Å². The number of nitrogens with two attached hydrogens (primary N) is 1. The van der Waals surface area contributed by atoms with E-state index in [1.807, 2.05) is 0 Å². The number of hydrogen-bond donors (Lipinski definition) is 5. The predicted molar refractivity (Wildman–Crippen MR) is 74.5 cm³/mol. The van der Waals surface area contributed by atoms with E-state index in [0.29, 0.717) is 19.5 Å². The normalized spacial score (nSPS) is 11.8. The Bertz CT molecular complexity index is 465. The predicted octanol–water partition coefficient (Wildman–Crippen LogP) is 0.112. The van der Waals surface area contributed by atoms with Crippen molar-refractivity contribution in [3.05, 3.63) is 24.3 Å². The van der Waals surface area contributed by atoms with Gasteiger partial charge in [0.2, 0.25) is 5.91 Å². The van der Waals surface area contributed by atoms with E-state index in [1.165, 1.54) is 12.1 Å². The molecule has 0 aliphatic heterocycles. The largest absolute Gasteiger partial charge is 0.506 e. The zero-order valence-electron chi connectivity index (χ0n) is 11.0. The van der Waals surface area contributed by atoms with Crippen LogP contribution >= 0.6 is 0 Å². The number of aromatic hydroxyl groups is 1. The van der Waals surface area contributed by atoms with E-state index in [2.05, 4.69) is 10.6 Å². The molecule has 7 heteroatoms. The minimum absolute atomic E-state index is 0.0659. The molecule has 0 radical (unpaired) electrons. The summed E-state index contributed by atoms with van der Waals surface area (Å²) in [4.78, 5) is 22.8. The Morgan fingerprint density at radius 1 is 1.30 bits per heavy atom. The summed E-state index contributed by atoms with van der Waals surface area (Å²) in [6.07, 6.45) is 0.402. The molecule has 0 unspecified atom stereocenters. The van der Waals surface area contributed by atoms with Gasteiger partial charge in [-0.15, -0.1) is 0 Å². The van der Waals surface area contributed by atoms with Crippen LogP contribution in [0.3, 0.4) is 0 Å². The van der Waals surface area contributed by atoms with Crippen molar-refractivity contribution in [1.29, 1.82) is 0 Å². The van der Waals surface area contributed by atoms with Crippen LogP contribution in [0.5, 0.6) is 5.75 Å². The third kappa shape index (κ3) is 5.25. The Hall–Kier alpha value is -2.12. The number of nitrogens with one attached hydrogen (secondary N) is 2. The summed E-state index contributed by atoms with van der Waals surface area (Å²) in [5.74, 6) is -1.66. The van der Waals surface area contributed by atoms with Gasteiger partial charge >= 0.3 is 5.97 Å². The minimum atomic E-state index is -1.10. The zero-order valence-corrected chi connectivity index (χ0v) is 11.0. The Kier molecular flexibility index (Phi) is 6.48. The lowest BCUT2D eigenvalue weighted by Crippen LogP contribution is -2.40. The summed E-state index contributed by atoms with van der Waals surface area (Å²) >= 11 is 0. The van der Waals surface area contributed by atoms with Crippen molar-refractivity contribution < 1.29 is 19.8 Å². The van der Waals surface area contributed by atoms with Crippen LogP contribution in [-0.4, -0.2) is 41.2 Å². The highest BCUT2D eigenvalue weighted by Crippen LogP contribution is 2.21. The molecule has 20 heavy (non-hydrogen) atoms. The Labute approximate surface area is 116 Å². The number of carbonyl (C=O) groups excluding carboxylic acids is 1. The van der Waals surface area contributed by atoms with Crippen LogP contribution in [0.15, 0.2) is 24.3 Å². The van der Waals surface area contributed by atoms with Gasteiger partial charge < -0.3 is 26.6 Å². The van der Waals surface area contributed by atoms with E-state index in [1.54, 1.807) is 12.1 Å².